The molecule has 2 aliphatic rings. The van der Waals surface area contributed by atoms with E-state index in [4.69, 9.17) is 0 Å². The third-order valence-corrected chi connectivity index (χ3v) is 5.59. The van der Waals surface area contributed by atoms with Gasteiger partial charge in [-0.2, -0.15) is 0 Å². The van der Waals surface area contributed by atoms with Crippen LogP contribution in [0, 0.1) is 18.8 Å². The van der Waals surface area contributed by atoms with Crippen LogP contribution in [0.15, 0.2) is 24.3 Å². The molecule has 3 rings (SSSR count). The summed E-state index contributed by atoms with van der Waals surface area (Å²) in [7, 11) is 0. The van der Waals surface area contributed by atoms with Crippen molar-refractivity contribution in [1.82, 2.24) is 4.90 Å². The van der Waals surface area contributed by atoms with E-state index in [1.165, 1.54) is 24.0 Å². The predicted molar refractivity (Wildman–Crippen MR) is 93.3 cm³/mol. The van der Waals surface area contributed by atoms with Gasteiger partial charge < -0.3 is 9.80 Å². The number of hydrogen-bond acceptors (Lipinski definition) is 1. The van der Waals surface area contributed by atoms with Gasteiger partial charge in [-0.1, -0.05) is 36.8 Å². The molecule has 2 saturated heterocycles. The van der Waals surface area contributed by atoms with Crippen molar-refractivity contribution >= 4 is 5.91 Å². The van der Waals surface area contributed by atoms with Gasteiger partial charge >= 0.3 is 0 Å². The summed E-state index contributed by atoms with van der Waals surface area (Å²) in [5, 5.41) is 0. The number of aryl methyl sites for hydroxylation is 1. The fourth-order valence-electron chi connectivity index (χ4n) is 4.09. The molecule has 1 atom stereocenters. The highest BCUT2D eigenvalue weighted by Crippen LogP contribution is 2.20. The van der Waals surface area contributed by atoms with Gasteiger partial charge in [0.25, 0.3) is 0 Å². The molecule has 23 heavy (non-hydrogen) atoms. The minimum absolute atomic E-state index is 0.280. The molecule has 1 aromatic rings. The first-order valence-corrected chi connectivity index (χ1v) is 9.29. The van der Waals surface area contributed by atoms with E-state index in [2.05, 4.69) is 43.0 Å². The first kappa shape index (κ1) is 16.5. The van der Waals surface area contributed by atoms with Crippen LogP contribution in [-0.2, 0) is 11.3 Å². The molecule has 1 amide bonds. The zero-order valence-electron chi connectivity index (χ0n) is 14.7. The number of likely N-dealkylation sites (tertiary alicyclic amines) is 2. The summed E-state index contributed by atoms with van der Waals surface area (Å²) in [5.74, 6) is 1.40. The summed E-state index contributed by atoms with van der Waals surface area (Å²) in [6.45, 7) is 9.74. The van der Waals surface area contributed by atoms with Crippen molar-refractivity contribution in [2.75, 3.05) is 26.2 Å². The molecule has 2 fully saturated rings. The largest absolute Gasteiger partial charge is 0.342 e. The van der Waals surface area contributed by atoms with Gasteiger partial charge in [0.15, 0.2) is 0 Å². The third-order valence-electron chi connectivity index (χ3n) is 5.59. The monoisotopic (exact) mass is 315 g/mol. The van der Waals surface area contributed by atoms with Crippen molar-refractivity contribution in [3.05, 3.63) is 35.4 Å². The van der Waals surface area contributed by atoms with E-state index >= 15 is 0 Å². The molecule has 2 aliphatic heterocycles. The molecular formula is C20H31N2O+. The van der Waals surface area contributed by atoms with E-state index < -0.39 is 0 Å². The van der Waals surface area contributed by atoms with Gasteiger partial charge in [-0.3, -0.25) is 4.79 Å². The lowest BCUT2D eigenvalue weighted by Crippen LogP contribution is -3.11. The van der Waals surface area contributed by atoms with Gasteiger partial charge in [-0.05, 0) is 25.7 Å². The molecule has 0 aliphatic carbocycles. The topological polar surface area (TPSA) is 24.8 Å². The first-order valence-electron chi connectivity index (χ1n) is 9.29. The highest BCUT2D eigenvalue weighted by Gasteiger charge is 2.32. The molecule has 2 heterocycles. The first-order chi connectivity index (χ1) is 11.1. The zero-order valence-corrected chi connectivity index (χ0v) is 14.7. The van der Waals surface area contributed by atoms with Gasteiger partial charge in [0.05, 0.1) is 13.1 Å². The molecule has 1 aromatic carbocycles. The Morgan fingerprint density at radius 3 is 2.52 bits per heavy atom. The molecule has 3 heteroatoms. The lowest BCUT2D eigenvalue weighted by atomic mass is 9.92. The summed E-state index contributed by atoms with van der Waals surface area (Å²) < 4.78 is 0. The van der Waals surface area contributed by atoms with E-state index in [-0.39, 0.29) is 5.92 Å². The second-order valence-electron chi connectivity index (χ2n) is 7.72. The highest BCUT2D eigenvalue weighted by atomic mass is 16.2. The second kappa shape index (κ2) is 7.48. The lowest BCUT2D eigenvalue weighted by molar-refractivity contribution is -0.919. The Bertz CT molecular complexity index is 517. The Balaban J connectivity index is 1.48. The number of amides is 1. The molecule has 3 nitrogen and oxygen atoms in total. The second-order valence-corrected chi connectivity index (χ2v) is 7.72. The van der Waals surface area contributed by atoms with Crippen LogP contribution in [-0.4, -0.2) is 37.0 Å². The molecule has 0 radical (unpaired) electrons. The molecular weight excluding hydrogens is 284 g/mol. The Labute approximate surface area is 140 Å². The Kier molecular flexibility index (Phi) is 5.37. The van der Waals surface area contributed by atoms with E-state index in [9.17, 15) is 4.79 Å². The van der Waals surface area contributed by atoms with Crippen molar-refractivity contribution < 1.29 is 9.69 Å². The maximum absolute atomic E-state index is 12.7. The molecule has 0 bridgehead atoms. The number of benzene rings is 1. The molecule has 1 N–H and O–H groups in total. The van der Waals surface area contributed by atoms with Crippen LogP contribution in [0.1, 0.15) is 43.7 Å². The maximum Gasteiger partial charge on any atom is 0.226 e. The van der Waals surface area contributed by atoms with Crippen LogP contribution in [0.4, 0.5) is 0 Å². The quantitative estimate of drug-likeness (QED) is 0.907. The number of nitrogens with one attached hydrogen (secondary N) is 1. The minimum atomic E-state index is 0.280. The van der Waals surface area contributed by atoms with Crippen LogP contribution >= 0.6 is 0 Å². The molecule has 0 spiro atoms. The Morgan fingerprint density at radius 1 is 1.17 bits per heavy atom. The van der Waals surface area contributed by atoms with Crippen molar-refractivity contribution in [3.8, 4) is 0 Å². The van der Waals surface area contributed by atoms with Gasteiger partial charge in [-0.25, -0.2) is 0 Å². The summed E-state index contributed by atoms with van der Waals surface area (Å²) in [5.41, 5.74) is 2.74. The van der Waals surface area contributed by atoms with Crippen LogP contribution in [0.2, 0.25) is 0 Å². The highest BCUT2D eigenvalue weighted by molar-refractivity contribution is 5.79. The van der Waals surface area contributed by atoms with E-state index in [1.807, 2.05) is 0 Å². The van der Waals surface area contributed by atoms with Gasteiger partial charge in [0.2, 0.25) is 5.91 Å². The normalized spacial score (nSPS) is 28.6. The Hall–Kier alpha value is -1.35. The Morgan fingerprint density at radius 2 is 1.87 bits per heavy atom. The average Bonchev–Trinajstić information content (AvgIpc) is 2.57. The van der Waals surface area contributed by atoms with Gasteiger partial charge in [-0.15, -0.1) is 0 Å². The van der Waals surface area contributed by atoms with Gasteiger partial charge in [0.1, 0.15) is 6.54 Å². The maximum atomic E-state index is 12.7. The summed E-state index contributed by atoms with van der Waals surface area (Å²) in [6, 6.07) is 8.88. The fourth-order valence-corrected chi connectivity index (χ4v) is 4.09. The van der Waals surface area contributed by atoms with Crippen LogP contribution in [0.3, 0.4) is 0 Å². The van der Waals surface area contributed by atoms with Gasteiger partial charge in [0, 0.05) is 37.4 Å². The lowest BCUT2D eigenvalue weighted by Gasteiger charge is -2.36. The summed E-state index contributed by atoms with van der Waals surface area (Å²) in [6.07, 6.45) is 4.59. The van der Waals surface area contributed by atoms with E-state index in [1.54, 1.807) is 4.90 Å². The van der Waals surface area contributed by atoms with Crippen LogP contribution < -0.4 is 4.90 Å². The minimum Gasteiger partial charge on any atom is -0.342 e. The van der Waals surface area contributed by atoms with Crippen molar-refractivity contribution in [3.63, 3.8) is 0 Å². The number of nitrogens with zero attached hydrogens (tertiary/aromatic N) is 1. The average molecular weight is 315 g/mol. The zero-order chi connectivity index (χ0) is 16.2. The SMILES string of the molecule is Cc1ccc(C[NH+]2CCC(C(=O)N3CCC[C@H](C)C3)CC2)cc1. The number of rotatable bonds is 3. The molecule has 0 unspecified atom stereocenters. The van der Waals surface area contributed by atoms with E-state index in [0.717, 1.165) is 45.6 Å². The third kappa shape index (κ3) is 4.35. The van der Waals surface area contributed by atoms with Crippen molar-refractivity contribution in [2.24, 2.45) is 11.8 Å². The summed E-state index contributed by atoms with van der Waals surface area (Å²) >= 11 is 0. The molecule has 126 valence electrons. The molecule has 0 saturated carbocycles. The fraction of sp³-hybridized carbons (Fsp3) is 0.650. The van der Waals surface area contributed by atoms with Crippen molar-refractivity contribution in [1.29, 1.82) is 0 Å². The number of hydrogen-bond donors (Lipinski definition) is 1. The molecule has 0 aromatic heterocycles. The number of quaternary nitrogens is 1. The van der Waals surface area contributed by atoms with Crippen LogP contribution in [0.25, 0.3) is 0 Å². The number of carbonyl (C=O) groups excluding carboxylic acids is 1. The smallest absolute Gasteiger partial charge is 0.226 e. The van der Waals surface area contributed by atoms with Crippen molar-refractivity contribution in [2.45, 2.75) is 46.1 Å². The van der Waals surface area contributed by atoms with Crippen LogP contribution in [0.5, 0.6) is 0 Å². The number of carbonyl (C=O) groups is 1. The van der Waals surface area contributed by atoms with E-state index in [0.29, 0.717) is 11.8 Å². The number of piperidine rings is 2. The predicted octanol–water partition coefficient (Wildman–Crippen LogP) is 2.05. The standard InChI is InChI=1S/C20H30N2O/c1-16-5-7-18(8-6-16)15-21-12-9-19(10-13-21)20(23)22-11-3-4-17(2)14-22/h5-8,17,19H,3-4,9-15H2,1-2H3/p+1/t17-/m0/s1. The summed E-state index contributed by atoms with van der Waals surface area (Å²) in [4.78, 5) is 16.5.